The van der Waals surface area contributed by atoms with Crippen molar-refractivity contribution in [1.29, 1.82) is 0 Å². The molecule has 0 saturated carbocycles. The van der Waals surface area contributed by atoms with Gasteiger partial charge in [-0.25, -0.2) is 4.57 Å². The monoisotopic (exact) mass is 1140 g/mol. The van der Waals surface area contributed by atoms with Crippen molar-refractivity contribution in [2.45, 2.75) is 238 Å². The molecule has 0 aromatic rings. The Balaban J connectivity index is 5.21. The number of amides is 1. The number of esters is 1. The van der Waals surface area contributed by atoms with Crippen molar-refractivity contribution in [3.63, 3.8) is 0 Å². The maximum atomic E-state index is 13.5. The zero-order valence-electron chi connectivity index (χ0n) is 52.2. The summed E-state index contributed by atoms with van der Waals surface area (Å²) in [5.74, 6) is -0.580. The van der Waals surface area contributed by atoms with Crippen molar-refractivity contribution in [3.8, 4) is 0 Å². The lowest BCUT2D eigenvalue weighted by atomic mass is 10.1. The predicted octanol–water partition coefficient (Wildman–Crippen LogP) is 20.0. The summed E-state index contributed by atoms with van der Waals surface area (Å²) in [5, 5.41) is 3.02. The zero-order chi connectivity index (χ0) is 59.3. The minimum atomic E-state index is -4.48. The van der Waals surface area contributed by atoms with E-state index in [9.17, 15) is 19.0 Å². The van der Waals surface area contributed by atoms with Crippen molar-refractivity contribution in [1.82, 2.24) is 5.32 Å². The molecule has 1 amide bonds. The van der Waals surface area contributed by atoms with Crippen LogP contribution in [0.3, 0.4) is 0 Å². The van der Waals surface area contributed by atoms with Crippen LogP contribution in [0.15, 0.2) is 158 Å². The first-order chi connectivity index (χ1) is 39.4. The van der Waals surface area contributed by atoms with E-state index in [0.717, 1.165) is 109 Å². The average Bonchev–Trinajstić information content (AvgIpc) is 3.44. The first-order valence-corrected chi connectivity index (χ1v) is 33.4. The molecule has 0 aromatic carbocycles. The maximum absolute atomic E-state index is 13.5. The van der Waals surface area contributed by atoms with E-state index in [1.807, 2.05) is 94.1 Å². The minimum Gasteiger partial charge on any atom is -0.456 e. The van der Waals surface area contributed by atoms with Gasteiger partial charge < -0.3 is 19.4 Å². The van der Waals surface area contributed by atoms with E-state index in [1.54, 1.807) is 0 Å². The lowest BCUT2D eigenvalue weighted by Gasteiger charge is -2.27. The highest BCUT2D eigenvalue weighted by Crippen LogP contribution is 2.43. The van der Waals surface area contributed by atoms with Gasteiger partial charge in [0.05, 0.1) is 33.8 Å². The van der Waals surface area contributed by atoms with E-state index in [4.69, 9.17) is 13.8 Å². The van der Waals surface area contributed by atoms with Crippen LogP contribution in [0.5, 0.6) is 0 Å². The first-order valence-electron chi connectivity index (χ1n) is 31.9. The molecular formula is C71H118N2O7P+. The second kappa shape index (κ2) is 58.8. The summed E-state index contributed by atoms with van der Waals surface area (Å²) >= 11 is 0. The van der Waals surface area contributed by atoms with Gasteiger partial charge in [0.25, 0.3) is 0 Å². The molecule has 0 saturated heterocycles. The third-order valence-corrected chi connectivity index (χ3v) is 14.1. The molecule has 0 aliphatic rings. The van der Waals surface area contributed by atoms with Crippen molar-refractivity contribution in [2.75, 3.05) is 40.9 Å². The number of phosphoric ester groups is 1. The summed E-state index contributed by atoms with van der Waals surface area (Å²) in [5.41, 5.74) is 0. The van der Waals surface area contributed by atoms with Crippen LogP contribution in [-0.2, 0) is 27.9 Å². The highest BCUT2D eigenvalue weighted by molar-refractivity contribution is 7.47. The molecule has 10 heteroatoms. The van der Waals surface area contributed by atoms with Crippen LogP contribution < -0.4 is 5.32 Å². The molecule has 0 aliphatic heterocycles. The van der Waals surface area contributed by atoms with Crippen LogP contribution in [0, 0.1) is 0 Å². The minimum absolute atomic E-state index is 0.0200. The number of rotatable bonds is 55. The molecule has 3 atom stereocenters. The predicted molar refractivity (Wildman–Crippen MR) is 350 cm³/mol. The van der Waals surface area contributed by atoms with Crippen molar-refractivity contribution >= 4 is 19.7 Å². The second-order valence-corrected chi connectivity index (χ2v) is 23.4. The molecule has 3 unspecified atom stereocenters. The number of nitrogens with one attached hydrogen (secondary N) is 1. The van der Waals surface area contributed by atoms with Crippen LogP contribution in [-0.4, -0.2) is 74.3 Å². The standard InChI is InChI=1S/C71H117N2O7P/c1-7-10-13-16-19-22-25-27-29-31-32-33-34-35-36-37-38-39-40-42-44-46-49-52-55-58-61-64-71(75)80-69(62-59-56-53-50-47-24-21-18-15-12-9-3)68(67-79-81(76,77)78-66-65-73(4,5)6)72-70(74)63-60-57-54-51-48-45-43-41-30-28-26-23-20-17-14-11-8-2/h10-11,13-14,17,19-20,22-23,26-30,32-33,35-36,38-39,41,43,45,48,59,62,68-69H,7-9,12,15-16,18,21,24-25,31,34,37,40,42,44,46-47,49-58,60-61,63-67H2,1-6H3,(H-,72,74,76,77)/p+1/b13-10-,14-11-,20-17+,22-19-,26-23+,29-27-,30-28-,33-32-,36-35-,39-38-,43-41+,48-45+,62-59-. The third-order valence-electron chi connectivity index (χ3n) is 13.1. The van der Waals surface area contributed by atoms with Gasteiger partial charge in [0, 0.05) is 12.8 Å². The van der Waals surface area contributed by atoms with Gasteiger partial charge in [0.2, 0.25) is 5.91 Å². The molecule has 9 nitrogen and oxygen atoms in total. The summed E-state index contributed by atoms with van der Waals surface area (Å²) < 4.78 is 30.6. The van der Waals surface area contributed by atoms with Crippen molar-refractivity contribution < 1.29 is 37.3 Å². The number of carbonyl (C=O) groups excluding carboxylic acids is 2. The highest BCUT2D eigenvalue weighted by Gasteiger charge is 2.30. The molecule has 81 heavy (non-hydrogen) atoms. The van der Waals surface area contributed by atoms with E-state index >= 15 is 0 Å². The fourth-order valence-corrected chi connectivity index (χ4v) is 9.00. The number of phosphoric acid groups is 1. The second-order valence-electron chi connectivity index (χ2n) is 22.0. The van der Waals surface area contributed by atoms with E-state index in [-0.39, 0.29) is 37.9 Å². The van der Waals surface area contributed by atoms with Gasteiger partial charge in [-0.3, -0.25) is 18.6 Å². The smallest absolute Gasteiger partial charge is 0.456 e. The Labute approximate surface area is 497 Å². The van der Waals surface area contributed by atoms with Crippen LogP contribution in [0.25, 0.3) is 0 Å². The summed E-state index contributed by atoms with van der Waals surface area (Å²) in [4.78, 5) is 37.7. The molecule has 2 N–H and O–H groups in total. The number of unbranched alkanes of at least 4 members (excludes halogenated alkanes) is 20. The van der Waals surface area contributed by atoms with E-state index in [1.165, 1.54) is 70.6 Å². The van der Waals surface area contributed by atoms with Gasteiger partial charge in [-0.15, -0.1) is 0 Å². The molecule has 458 valence electrons. The van der Waals surface area contributed by atoms with Gasteiger partial charge in [0.15, 0.2) is 0 Å². The summed E-state index contributed by atoms with van der Waals surface area (Å²) in [6.45, 7) is 6.68. The molecule has 0 aliphatic carbocycles. The topological polar surface area (TPSA) is 111 Å². The van der Waals surface area contributed by atoms with Crippen molar-refractivity contribution in [2.24, 2.45) is 0 Å². The number of ether oxygens (including phenoxy) is 1. The summed E-state index contributed by atoms with van der Waals surface area (Å²) in [6.07, 6.45) is 86.8. The average molecular weight is 1140 g/mol. The SMILES string of the molecule is CC\C=C/C=C/C=C/C=C\C=C\C=C\CCCCCC(=O)NC(COP(=O)(O)OCC[N+](C)(C)C)C(/C=C\CCCCCCCCCCC)OC(=O)CCCCCCCCCC/C=C\C/C=C\C/C=C\C/C=C\C/C=C\C/C=C\CC. The number of hydrogen-bond donors (Lipinski definition) is 2. The van der Waals surface area contributed by atoms with Gasteiger partial charge in [-0.1, -0.05) is 269 Å². The number of carbonyl (C=O) groups is 2. The molecule has 0 radical (unpaired) electrons. The Morgan fingerprint density at radius 2 is 0.852 bits per heavy atom. The lowest BCUT2D eigenvalue weighted by Crippen LogP contribution is -2.47. The molecule has 0 rings (SSSR count). The Morgan fingerprint density at radius 3 is 1.35 bits per heavy atom. The van der Waals surface area contributed by atoms with Crippen LogP contribution in [0.2, 0.25) is 0 Å². The van der Waals surface area contributed by atoms with Gasteiger partial charge in [-0.05, 0) is 102 Å². The third kappa shape index (κ3) is 60.1. The molecule has 0 bridgehead atoms. The summed E-state index contributed by atoms with van der Waals surface area (Å²) in [7, 11) is 1.43. The number of hydrogen-bond acceptors (Lipinski definition) is 6. The van der Waals surface area contributed by atoms with Crippen LogP contribution >= 0.6 is 7.82 Å². The first kappa shape index (κ1) is 76.6. The number of likely N-dealkylation sites (N-methyl/N-ethyl adjacent to an activating group) is 1. The number of quaternary nitrogens is 1. The molecule has 0 fully saturated rings. The van der Waals surface area contributed by atoms with E-state index in [2.05, 4.69) is 111 Å². The van der Waals surface area contributed by atoms with Gasteiger partial charge >= 0.3 is 13.8 Å². The van der Waals surface area contributed by atoms with E-state index in [0.29, 0.717) is 23.9 Å². The Hall–Kier alpha value is -4.37. The largest absolute Gasteiger partial charge is 0.472 e. The normalized spacial score (nSPS) is 14.7. The van der Waals surface area contributed by atoms with Gasteiger partial charge in [-0.2, -0.15) is 0 Å². The fraction of sp³-hybridized carbons (Fsp3) is 0.606. The van der Waals surface area contributed by atoms with Gasteiger partial charge in [0.1, 0.15) is 19.3 Å². The number of nitrogens with zero attached hydrogens (tertiary/aromatic N) is 1. The lowest BCUT2D eigenvalue weighted by molar-refractivity contribution is -0.870. The fourth-order valence-electron chi connectivity index (χ4n) is 8.27. The quantitative estimate of drug-likeness (QED) is 0.0156. The molecule has 0 aromatic heterocycles. The number of allylic oxidation sites excluding steroid dienone is 25. The van der Waals surface area contributed by atoms with Crippen molar-refractivity contribution in [3.05, 3.63) is 158 Å². The maximum Gasteiger partial charge on any atom is 0.472 e. The molecule has 0 spiro atoms. The summed E-state index contributed by atoms with van der Waals surface area (Å²) in [6, 6.07) is -0.888. The zero-order valence-corrected chi connectivity index (χ0v) is 53.1. The van der Waals surface area contributed by atoms with E-state index < -0.39 is 20.0 Å². The molecule has 0 heterocycles. The Kier molecular flexibility index (Phi) is 55.6. The molecular weight excluding hydrogens is 1020 g/mol. The highest BCUT2D eigenvalue weighted by atomic mass is 31.2. The Morgan fingerprint density at radius 1 is 0.457 bits per heavy atom. The van der Waals surface area contributed by atoms with Crippen LogP contribution in [0.1, 0.15) is 226 Å². The Bertz CT molecular complexity index is 1940. The van der Waals surface area contributed by atoms with Crippen LogP contribution in [0.4, 0.5) is 0 Å².